The first-order chi connectivity index (χ1) is 9.58. The Hall–Kier alpha value is -1.56. The molecule has 2 aliphatic heterocycles. The van der Waals surface area contributed by atoms with E-state index in [0.717, 1.165) is 37.9 Å². The molecular formula is C14H15F3N2O. The van der Waals surface area contributed by atoms with Gasteiger partial charge in [0.1, 0.15) is 0 Å². The molecule has 2 aliphatic rings. The number of rotatable bonds is 1. The highest BCUT2D eigenvalue weighted by atomic mass is 19.2. The van der Waals surface area contributed by atoms with Crippen LogP contribution in [0.1, 0.15) is 29.6 Å². The van der Waals surface area contributed by atoms with Gasteiger partial charge in [0.15, 0.2) is 17.5 Å². The van der Waals surface area contributed by atoms with Gasteiger partial charge in [0.25, 0.3) is 5.91 Å². The lowest BCUT2D eigenvalue weighted by molar-refractivity contribution is 0.0679. The summed E-state index contributed by atoms with van der Waals surface area (Å²) in [6.45, 7) is 1.52. The first-order valence-electron chi connectivity index (χ1n) is 6.76. The van der Waals surface area contributed by atoms with Crippen molar-refractivity contribution < 1.29 is 18.0 Å². The minimum Gasteiger partial charge on any atom is -0.331 e. The van der Waals surface area contributed by atoms with Crippen molar-refractivity contribution in [2.24, 2.45) is 0 Å². The number of carbonyl (C=O) groups is 1. The molecule has 108 valence electrons. The molecular weight excluding hydrogens is 269 g/mol. The summed E-state index contributed by atoms with van der Waals surface area (Å²) in [5.74, 6) is -4.61. The van der Waals surface area contributed by atoms with Crippen LogP contribution in [0, 0.1) is 17.5 Å². The second kappa shape index (κ2) is 5.09. The Morgan fingerprint density at radius 2 is 1.75 bits per heavy atom. The Labute approximate surface area is 114 Å². The minimum absolute atomic E-state index is 0.0474. The predicted molar refractivity (Wildman–Crippen MR) is 66.8 cm³/mol. The largest absolute Gasteiger partial charge is 0.331 e. The van der Waals surface area contributed by atoms with E-state index in [2.05, 4.69) is 5.32 Å². The predicted octanol–water partition coefficient (Wildman–Crippen LogP) is 2.07. The van der Waals surface area contributed by atoms with Gasteiger partial charge in [0, 0.05) is 24.2 Å². The Balaban J connectivity index is 1.92. The molecule has 2 atom stereocenters. The van der Waals surface area contributed by atoms with Crippen molar-refractivity contribution in [2.45, 2.75) is 31.3 Å². The summed E-state index contributed by atoms with van der Waals surface area (Å²) in [5.41, 5.74) is -0.125. The van der Waals surface area contributed by atoms with Crippen LogP contribution in [-0.4, -0.2) is 36.0 Å². The molecule has 2 unspecified atom stereocenters. The van der Waals surface area contributed by atoms with Gasteiger partial charge in [-0.15, -0.1) is 0 Å². The number of nitrogens with one attached hydrogen (secondary N) is 1. The topological polar surface area (TPSA) is 32.3 Å². The van der Waals surface area contributed by atoms with Gasteiger partial charge in [-0.1, -0.05) is 0 Å². The molecule has 0 saturated carbocycles. The van der Waals surface area contributed by atoms with E-state index in [0.29, 0.717) is 6.54 Å². The number of halogens is 3. The first kappa shape index (κ1) is 13.4. The van der Waals surface area contributed by atoms with Gasteiger partial charge in [-0.2, -0.15) is 0 Å². The lowest BCUT2D eigenvalue weighted by Crippen LogP contribution is -2.42. The molecule has 1 amide bonds. The van der Waals surface area contributed by atoms with Gasteiger partial charge in [-0.25, -0.2) is 13.2 Å². The van der Waals surface area contributed by atoms with E-state index in [9.17, 15) is 18.0 Å². The van der Waals surface area contributed by atoms with E-state index in [1.54, 1.807) is 4.90 Å². The van der Waals surface area contributed by atoms with Crippen LogP contribution in [0.3, 0.4) is 0 Å². The molecule has 1 aromatic carbocycles. The van der Waals surface area contributed by atoms with Crippen LogP contribution >= 0.6 is 0 Å². The van der Waals surface area contributed by atoms with Crippen molar-refractivity contribution >= 4 is 5.91 Å². The van der Waals surface area contributed by atoms with Crippen LogP contribution in [-0.2, 0) is 0 Å². The number of carbonyl (C=O) groups excluding carboxylic acids is 1. The maximum Gasteiger partial charge on any atom is 0.254 e. The van der Waals surface area contributed by atoms with Gasteiger partial charge in [0.2, 0.25) is 0 Å². The third kappa shape index (κ3) is 2.18. The molecule has 1 N–H and O–H groups in total. The van der Waals surface area contributed by atoms with Crippen LogP contribution in [0.2, 0.25) is 0 Å². The lowest BCUT2D eigenvalue weighted by Gasteiger charge is -2.28. The highest BCUT2D eigenvalue weighted by molar-refractivity contribution is 5.95. The fraction of sp³-hybridized carbons (Fsp3) is 0.500. The highest BCUT2D eigenvalue weighted by Crippen LogP contribution is 2.30. The fourth-order valence-electron chi connectivity index (χ4n) is 3.14. The number of nitrogens with zero attached hydrogens (tertiary/aromatic N) is 1. The van der Waals surface area contributed by atoms with Crippen molar-refractivity contribution in [3.05, 3.63) is 35.1 Å². The van der Waals surface area contributed by atoms with Crippen LogP contribution in [0.5, 0.6) is 0 Å². The van der Waals surface area contributed by atoms with Crippen molar-refractivity contribution in [1.29, 1.82) is 0 Å². The molecule has 2 saturated heterocycles. The van der Waals surface area contributed by atoms with Gasteiger partial charge in [0.05, 0.1) is 0 Å². The lowest BCUT2D eigenvalue weighted by atomic mass is 10.1. The maximum absolute atomic E-state index is 13.3. The minimum atomic E-state index is -1.54. The average molecular weight is 284 g/mol. The molecule has 20 heavy (non-hydrogen) atoms. The maximum atomic E-state index is 13.3. The van der Waals surface area contributed by atoms with Gasteiger partial charge >= 0.3 is 0 Å². The fourth-order valence-corrected chi connectivity index (χ4v) is 3.14. The molecule has 6 heteroatoms. The van der Waals surface area contributed by atoms with Crippen molar-refractivity contribution in [1.82, 2.24) is 10.2 Å². The zero-order chi connectivity index (χ0) is 14.3. The molecule has 0 radical (unpaired) electrons. The molecule has 2 heterocycles. The normalized spacial score (nSPS) is 25.6. The van der Waals surface area contributed by atoms with Gasteiger partial charge in [-0.3, -0.25) is 4.79 Å². The van der Waals surface area contributed by atoms with E-state index in [1.165, 1.54) is 0 Å². The third-order valence-corrected chi connectivity index (χ3v) is 4.12. The number of amides is 1. The summed E-state index contributed by atoms with van der Waals surface area (Å²) in [4.78, 5) is 14.2. The number of hydrogen-bond acceptors (Lipinski definition) is 2. The molecule has 2 fully saturated rings. The van der Waals surface area contributed by atoms with E-state index in [1.807, 2.05) is 0 Å². The monoisotopic (exact) mass is 284 g/mol. The van der Waals surface area contributed by atoms with Crippen molar-refractivity contribution in [2.75, 3.05) is 13.1 Å². The standard InChI is InChI=1S/C14H15F3N2O/c15-11-5-8(6-12(16)13(11)17)14(20)19-9-1-2-10(19)7-18-4-3-9/h5-6,9-10,18H,1-4,7H2. The van der Waals surface area contributed by atoms with E-state index in [4.69, 9.17) is 0 Å². The summed E-state index contributed by atoms with van der Waals surface area (Å²) in [7, 11) is 0. The summed E-state index contributed by atoms with van der Waals surface area (Å²) in [6.07, 6.45) is 2.62. The summed E-state index contributed by atoms with van der Waals surface area (Å²) in [5, 5.41) is 3.24. The summed E-state index contributed by atoms with van der Waals surface area (Å²) < 4.78 is 39.5. The molecule has 3 nitrogen and oxygen atoms in total. The van der Waals surface area contributed by atoms with E-state index in [-0.39, 0.29) is 17.6 Å². The van der Waals surface area contributed by atoms with Crippen LogP contribution in [0.15, 0.2) is 12.1 Å². The molecule has 3 rings (SSSR count). The average Bonchev–Trinajstić information content (AvgIpc) is 2.68. The van der Waals surface area contributed by atoms with Gasteiger partial charge in [-0.05, 0) is 37.9 Å². The molecule has 2 bridgehead atoms. The number of fused-ring (bicyclic) bond motifs is 2. The van der Waals surface area contributed by atoms with Crippen LogP contribution < -0.4 is 5.32 Å². The Bertz CT molecular complexity index is 512. The Morgan fingerprint density at radius 1 is 1.10 bits per heavy atom. The van der Waals surface area contributed by atoms with E-state index < -0.39 is 23.4 Å². The SMILES string of the molecule is O=C(c1cc(F)c(F)c(F)c1)N1C2CCNCC1CC2. The third-order valence-electron chi connectivity index (χ3n) is 4.12. The van der Waals surface area contributed by atoms with Crippen molar-refractivity contribution in [3.8, 4) is 0 Å². The molecule has 0 spiro atoms. The Morgan fingerprint density at radius 3 is 2.45 bits per heavy atom. The van der Waals surface area contributed by atoms with Gasteiger partial charge < -0.3 is 10.2 Å². The van der Waals surface area contributed by atoms with Crippen LogP contribution in [0.25, 0.3) is 0 Å². The smallest absolute Gasteiger partial charge is 0.254 e. The summed E-state index contributed by atoms with van der Waals surface area (Å²) in [6, 6.07) is 1.70. The molecule has 0 aromatic heterocycles. The highest BCUT2D eigenvalue weighted by Gasteiger charge is 2.38. The first-order valence-corrected chi connectivity index (χ1v) is 6.76. The van der Waals surface area contributed by atoms with Crippen LogP contribution in [0.4, 0.5) is 13.2 Å². The second-order valence-corrected chi connectivity index (χ2v) is 5.34. The Kier molecular flexibility index (Phi) is 3.41. The zero-order valence-electron chi connectivity index (χ0n) is 10.8. The quantitative estimate of drug-likeness (QED) is 0.801. The second-order valence-electron chi connectivity index (χ2n) is 5.34. The zero-order valence-corrected chi connectivity index (χ0v) is 10.8. The van der Waals surface area contributed by atoms with Crippen molar-refractivity contribution in [3.63, 3.8) is 0 Å². The van der Waals surface area contributed by atoms with E-state index >= 15 is 0 Å². The summed E-state index contributed by atoms with van der Waals surface area (Å²) >= 11 is 0. The number of hydrogen-bond donors (Lipinski definition) is 1. The molecule has 1 aromatic rings. The molecule has 0 aliphatic carbocycles. The number of benzene rings is 1.